The summed E-state index contributed by atoms with van der Waals surface area (Å²) in [7, 11) is 0. The second-order valence-corrected chi connectivity index (χ2v) is 7.93. The third kappa shape index (κ3) is 7.10. The van der Waals surface area contributed by atoms with Crippen LogP contribution in [0.25, 0.3) is 0 Å². The van der Waals surface area contributed by atoms with Gasteiger partial charge in [0.05, 0.1) is 18.8 Å². The fraction of sp³-hybridized carbons (Fsp3) is 0.700. The summed E-state index contributed by atoms with van der Waals surface area (Å²) in [5.41, 5.74) is 1.26. The van der Waals surface area contributed by atoms with E-state index < -0.39 is 0 Å². The lowest BCUT2D eigenvalue weighted by atomic mass is 9.96. The summed E-state index contributed by atoms with van der Waals surface area (Å²) in [5, 5.41) is 0. The lowest BCUT2D eigenvalue weighted by Crippen LogP contribution is -2.15. The first-order chi connectivity index (χ1) is 11.2. The average molecular weight is 430 g/mol. The van der Waals surface area contributed by atoms with E-state index in [1.807, 2.05) is 6.07 Å². The summed E-state index contributed by atoms with van der Waals surface area (Å²) in [4.78, 5) is 0. The first kappa shape index (κ1) is 19.2. The molecule has 2 nitrogen and oxygen atoms in total. The lowest BCUT2D eigenvalue weighted by Gasteiger charge is -2.16. The SMILES string of the molecule is C[C@@H](CCCC[C@@H]1O[C@@H](CI)C[C@@H]1C)COCc1ccccc1. The van der Waals surface area contributed by atoms with Gasteiger partial charge in [-0.05, 0) is 36.7 Å². The molecule has 0 aromatic heterocycles. The molecule has 0 unspecified atom stereocenters. The number of ether oxygens (including phenoxy) is 2. The highest BCUT2D eigenvalue weighted by atomic mass is 127. The Labute approximate surface area is 155 Å². The van der Waals surface area contributed by atoms with Gasteiger partial charge in [0.2, 0.25) is 0 Å². The molecule has 130 valence electrons. The normalized spacial score (nSPS) is 25.6. The molecule has 0 aliphatic carbocycles. The minimum atomic E-state index is 0.499. The average Bonchev–Trinajstić information content (AvgIpc) is 2.93. The molecule has 1 saturated heterocycles. The van der Waals surface area contributed by atoms with E-state index in [0.717, 1.165) is 23.6 Å². The van der Waals surface area contributed by atoms with Crippen molar-refractivity contribution in [3.05, 3.63) is 35.9 Å². The van der Waals surface area contributed by atoms with Gasteiger partial charge < -0.3 is 9.47 Å². The maximum Gasteiger partial charge on any atom is 0.0717 e. The van der Waals surface area contributed by atoms with Gasteiger partial charge in [0, 0.05) is 11.0 Å². The van der Waals surface area contributed by atoms with Crippen molar-refractivity contribution in [3.63, 3.8) is 0 Å². The third-order valence-electron chi connectivity index (χ3n) is 4.76. The molecule has 0 N–H and O–H groups in total. The molecular formula is C20H31IO2. The van der Waals surface area contributed by atoms with Gasteiger partial charge >= 0.3 is 0 Å². The van der Waals surface area contributed by atoms with Crippen LogP contribution in [0.4, 0.5) is 0 Å². The predicted molar refractivity (Wildman–Crippen MR) is 105 cm³/mol. The molecule has 0 bridgehead atoms. The first-order valence-corrected chi connectivity index (χ1v) is 10.5. The van der Waals surface area contributed by atoms with Crippen LogP contribution >= 0.6 is 22.6 Å². The molecular weight excluding hydrogens is 399 g/mol. The molecule has 0 saturated carbocycles. The Morgan fingerprint density at radius 3 is 2.74 bits per heavy atom. The van der Waals surface area contributed by atoms with Crippen molar-refractivity contribution < 1.29 is 9.47 Å². The van der Waals surface area contributed by atoms with E-state index in [2.05, 4.69) is 60.7 Å². The topological polar surface area (TPSA) is 18.5 Å². The zero-order valence-corrected chi connectivity index (χ0v) is 16.7. The van der Waals surface area contributed by atoms with Crippen molar-refractivity contribution in [3.8, 4) is 0 Å². The summed E-state index contributed by atoms with van der Waals surface area (Å²) >= 11 is 2.44. The van der Waals surface area contributed by atoms with Gasteiger partial charge in [-0.1, -0.05) is 79.6 Å². The number of alkyl halides is 1. The van der Waals surface area contributed by atoms with Crippen LogP contribution in [0.15, 0.2) is 30.3 Å². The van der Waals surface area contributed by atoms with E-state index in [1.165, 1.54) is 37.7 Å². The van der Waals surface area contributed by atoms with Gasteiger partial charge in [0.1, 0.15) is 0 Å². The van der Waals surface area contributed by atoms with Crippen LogP contribution in [0, 0.1) is 11.8 Å². The number of unbranched alkanes of at least 4 members (excludes halogenated alkanes) is 1. The molecule has 1 aliphatic heterocycles. The number of rotatable bonds is 10. The molecule has 1 aromatic carbocycles. The molecule has 23 heavy (non-hydrogen) atoms. The van der Waals surface area contributed by atoms with Gasteiger partial charge in [0.25, 0.3) is 0 Å². The number of benzene rings is 1. The van der Waals surface area contributed by atoms with Gasteiger partial charge in [0.15, 0.2) is 0 Å². The fourth-order valence-electron chi connectivity index (χ4n) is 3.33. The Bertz CT molecular complexity index is 423. The fourth-order valence-corrected chi connectivity index (χ4v) is 3.90. The van der Waals surface area contributed by atoms with Crippen molar-refractivity contribution >= 4 is 22.6 Å². The molecule has 1 heterocycles. The van der Waals surface area contributed by atoms with Crippen molar-refractivity contribution in [2.45, 2.75) is 64.8 Å². The highest BCUT2D eigenvalue weighted by Gasteiger charge is 2.30. The molecule has 1 aromatic rings. The molecule has 3 heteroatoms. The van der Waals surface area contributed by atoms with Gasteiger partial charge in [-0.2, -0.15) is 0 Å². The summed E-state index contributed by atoms with van der Waals surface area (Å²) in [6.45, 7) is 6.24. The van der Waals surface area contributed by atoms with Crippen molar-refractivity contribution in [1.29, 1.82) is 0 Å². The number of hydrogen-bond acceptors (Lipinski definition) is 2. The molecule has 0 radical (unpaired) electrons. The van der Waals surface area contributed by atoms with E-state index in [4.69, 9.17) is 9.47 Å². The van der Waals surface area contributed by atoms with E-state index in [-0.39, 0.29) is 0 Å². The molecule has 1 fully saturated rings. The highest BCUT2D eigenvalue weighted by Crippen LogP contribution is 2.30. The first-order valence-electron chi connectivity index (χ1n) is 9.02. The predicted octanol–water partition coefficient (Wildman–Crippen LogP) is 5.63. The van der Waals surface area contributed by atoms with E-state index in [0.29, 0.717) is 18.1 Å². The number of halogens is 1. The van der Waals surface area contributed by atoms with Crippen LogP contribution in [0.3, 0.4) is 0 Å². The summed E-state index contributed by atoms with van der Waals surface area (Å²) in [6.07, 6.45) is 7.30. The standard InChI is InChI=1S/C20H31IO2/c1-16(14-22-15-18-9-4-3-5-10-18)8-6-7-11-20-17(2)12-19(13-21)23-20/h3-5,9-10,16-17,19-20H,6-8,11-15H2,1-2H3/t16-,17-,19+,20-/m0/s1. The Kier molecular flexibility index (Phi) is 8.91. The minimum absolute atomic E-state index is 0.499. The van der Waals surface area contributed by atoms with E-state index >= 15 is 0 Å². The smallest absolute Gasteiger partial charge is 0.0717 e. The van der Waals surface area contributed by atoms with E-state index in [9.17, 15) is 0 Å². The van der Waals surface area contributed by atoms with Crippen molar-refractivity contribution in [2.75, 3.05) is 11.0 Å². The monoisotopic (exact) mass is 430 g/mol. The Morgan fingerprint density at radius 1 is 1.26 bits per heavy atom. The molecule has 0 amide bonds. The second kappa shape index (κ2) is 10.7. The number of hydrogen-bond donors (Lipinski definition) is 0. The molecule has 4 atom stereocenters. The van der Waals surface area contributed by atoms with Crippen LogP contribution in [0.5, 0.6) is 0 Å². The van der Waals surface area contributed by atoms with Gasteiger partial charge in [-0.25, -0.2) is 0 Å². The maximum atomic E-state index is 6.11. The highest BCUT2D eigenvalue weighted by molar-refractivity contribution is 14.1. The minimum Gasteiger partial charge on any atom is -0.376 e. The Balaban J connectivity index is 1.51. The zero-order valence-electron chi connectivity index (χ0n) is 14.5. The Hall–Kier alpha value is -0.130. The third-order valence-corrected chi connectivity index (χ3v) is 5.74. The van der Waals surface area contributed by atoms with Crippen molar-refractivity contribution in [2.24, 2.45) is 11.8 Å². The van der Waals surface area contributed by atoms with Crippen LogP contribution in [0.1, 0.15) is 51.5 Å². The largest absolute Gasteiger partial charge is 0.376 e. The van der Waals surface area contributed by atoms with Crippen LogP contribution in [-0.4, -0.2) is 23.2 Å². The molecule has 2 rings (SSSR count). The van der Waals surface area contributed by atoms with Crippen LogP contribution in [0.2, 0.25) is 0 Å². The summed E-state index contributed by atoms with van der Waals surface area (Å²) in [5.74, 6) is 1.38. The van der Waals surface area contributed by atoms with Gasteiger partial charge in [-0.3, -0.25) is 0 Å². The Morgan fingerprint density at radius 2 is 2.04 bits per heavy atom. The lowest BCUT2D eigenvalue weighted by molar-refractivity contribution is 0.0418. The van der Waals surface area contributed by atoms with Gasteiger partial charge in [-0.15, -0.1) is 0 Å². The summed E-state index contributed by atoms with van der Waals surface area (Å²) < 4.78 is 13.1. The van der Waals surface area contributed by atoms with E-state index in [1.54, 1.807) is 0 Å². The van der Waals surface area contributed by atoms with Crippen LogP contribution in [-0.2, 0) is 16.1 Å². The maximum absolute atomic E-state index is 6.11. The van der Waals surface area contributed by atoms with Crippen molar-refractivity contribution in [1.82, 2.24) is 0 Å². The zero-order chi connectivity index (χ0) is 16.5. The molecule has 0 spiro atoms. The quantitative estimate of drug-likeness (QED) is 0.272. The second-order valence-electron chi connectivity index (χ2n) is 7.05. The molecule has 1 aliphatic rings. The van der Waals surface area contributed by atoms with Crippen LogP contribution < -0.4 is 0 Å². The summed E-state index contributed by atoms with van der Waals surface area (Å²) in [6, 6.07) is 10.4.